The molecule has 0 saturated heterocycles. The summed E-state index contributed by atoms with van der Waals surface area (Å²) in [5, 5.41) is 2.49. The molecule has 13 rings (SSSR count). The van der Waals surface area contributed by atoms with Gasteiger partial charge in [0, 0.05) is 27.5 Å². The Hall–Kier alpha value is -8.14. The van der Waals surface area contributed by atoms with Crippen LogP contribution in [0.3, 0.4) is 0 Å². The van der Waals surface area contributed by atoms with Gasteiger partial charge in [-0.3, -0.25) is 0 Å². The largest absolute Gasteiger partial charge is 0.458 e. The minimum absolute atomic E-state index is 0.108. The van der Waals surface area contributed by atoms with Crippen molar-refractivity contribution in [1.29, 1.82) is 0 Å². The minimum atomic E-state index is -0.108. The molecule has 1 aromatic heterocycles. The summed E-state index contributed by atoms with van der Waals surface area (Å²) in [5.74, 6) is 1.80. The molecule has 0 fully saturated rings. The molecule has 292 valence electrons. The Balaban J connectivity index is 1.15. The third-order valence-corrected chi connectivity index (χ3v) is 13.3. The number of rotatable bonds is 6. The number of hydrogen-bond acceptors (Lipinski definition) is 1. The van der Waals surface area contributed by atoms with Crippen LogP contribution in [-0.2, 0) is 0 Å². The van der Waals surface area contributed by atoms with Gasteiger partial charge in [0.15, 0.2) is 0 Å². The van der Waals surface area contributed by atoms with Crippen LogP contribution in [-0.4, -0.2) is 11.3 Å². The van der Waals surface area contributed by atoms with E-state index in [1.165, 1.54) is 88.3 Å². The molecule has 0 unspecified atom stereocenters. The maximum Gasteiger partial charge on any atom is 0.256 e. The van der Waals surface area contributed by atoms with Crippen molar-refractivity contribution in [3.05, 3.63) is 231 Å². The Morgan fingerprint density at radius 1 is 0.333 bits per heavy atom. The monoisotopic (exact) mass is 799 g/mol. The first-order valence-electron chi connectivity index (χ1n) is 21.8. The lowest BCUT2D eigenvalue weighted by Gasteiger charge is -2.35. The number of aromatic nitrogens is 1. The standard InChI is InChI=1S/C60H38BNO/c1-5-18-39(19-6-1)43-32-33-55-50(34-43)51-35-44(40-20-7-2-8-21-40)37-53-59(51)62(55)56-30-17-31-57-58(56)61(53)54-38-45(48-28-14-13-26-46(48)41-22-9-3-10-23-41)36-52(60(54)63-57)49-29-16-15-27-47(49)42-24-11-4-12-25-42/h1-38H. The van der Waals surface area contributed by atoms with Crippen molar-refractivity contribution >= 4 is 44.9 Å². The van der Waals surface area contributed by atoms with E-state index in [0.717, 1.165) is 33.9 Å². The van der Waals surface area contributed by atoms with Gasteiger partial charge in [0.05, 0.1) is 5.52 Å². The van der Waals surface area contributed by atoms with E-state index in [2.05, 4.69) is 235 Å². The van der Waals surface area contributed by atoms with Crippen LogP contribution in [0.25, 0.3) is 94.3 Å². The molecule has 0 bridgehead atoms. The van der Waals surface area contributed by atoms with Crippen molar-refractivity contribution in [1.82, 2.24) is 4.57 Å². The normalized spacial score (nSPS) is 12.2. The first kappa shape index (κ1) is 35.6. The number of hydrogen-bond donors (Lipinski definition) is 0. The van der Waals surface area contributed by atoms with Gasteiger partial charge in [-0.15, -0.1) is 0 Å². The molecule has 2 aliphatic rings. The van der Waals surface area contributed by atoms with Gasteiger partial charge >= 0.3 is 0 Å². The summed E-state index contributed by atoms with van der Waals surface area (Å²) in [6.07, 6.45) is 0. The second-order valence-corrected chi connectivity index (χ2v) is 16.8. The summed E-state index contributed by atoms with van der Waals surface area (Å²) in [5.41, 5.74) is 21.4. The molecule has 0 radical (unpaired) electrons. The highest BCUT2D eigenvalue weighted by Crippen LogP contribution is 2.46. The molecule has 0 atom stereocenters. The molecule has 11 aromatic rings. The lowest BCUT2D eigenvalue weighted by atomic mass is 9.34. The lowest BCUT2D eigenvalue weighted by Crippen LogP contribution is -2.58. The van der Waals surface area contributed by atoms with Gasteiger partial charge in [-0.05, 0) is 114 Å². The number of ether oxygens (including phenoxy) is 1. The maximum atomic E-state index is 7.38. The number of benzene rings is 10. The SMILES string of the molecule is c1ccc(-c2ccc3c(c2)c2cc(-c4ccccc4)cc4c2n3-c2cccc3c2B4c2cc(-c4ccccc4-c4ccccc4)cc(-c4ccccc4-c4ccccc4)c2O3)cc1. The van der Waals surface area contributed by atoms with Gasteiger partial charge in [-0.1, -0.05) is 194 Å². The number of fused-ring (bicyclic) bond motifs is 7. The third-order valence-electron chi connectivity index (χ3n) is 13.3. The van der Waals surface area contributed by atoms with E-state index in [9.17, 15) is 0 Å². The maximum absolute atomic E-state index is 7.38. The summed E-state index contributed by atoms with van der Waals surface area (Å²) in [4.78, 5) is 0. The smallest absolute Gasteiger partial charge is 0.256 e. The first-order chi connectivity index (χ1) is 31.3. The van der Waals surface area contributed by atoms with E-state index in [-0.39, 0.29) is 6.71 Å². The first-order valence-corrected chi connectivity index (χ1v) is 21.8. The second kappa shape index (κ2) is 14.2. The Kier molecular flexibility index (Phi) is 8.04. The highest BCUT2D eigenvalue weighted by atomic mass is 16.5. The summed E-state index contributed by atoms with van der Waals surface area (Å²) in [6, 6.07) is 84.1. The molecule has 0 amide bonds. The Morgan fingerprint density at radius 2 is 0.857 bits per heavy atom. The molecule has 0 spiro atoms. The quantitative estimate of drug-likeness (QED) is 0.153. The van der Waals surface area contributed by atoms with Crippen LogP contribution >= 0.6 is 0 Å². The van der Waals surface area contributed by atoms with Crippen molar-refractivity contribution in [2.75, 3.05) is 0 Å². The van der Waals surface area contributed by atoms with Crippen LogP contribution in [0.1, 0.15) is 0 Å². The molecular formula is C60H38BNO. The van der Waals surface area contributed by atoms with Gasteiger partial charge in [-0.25, -0.2) is 0 Å². The lowest BCUT2D eigenvalue weighted by molar-refractivity contribution is 0.489. The van der Waals surface area contributed by atoms with E-state index in [1.54, 1.807) is 0 Å². The van der Waals surface area contributed by atoms with E-state index in [0.29, 0.717) is 0 Å². The average molecular weight is 800 g/mol. The highest BCUT2D eigenvalue weighted by Gasteiger charge is 2.42. The fourth-order valence-electron chi connectivity index (χ4n) is 10.5. The van der Waals surface area contributed by atoms with E-state index in [1.807, 2.05) is 0 Å². The molecule has 10 aromatic carbocycles. The second-order valence-electron chi connectivity index (χ2n) is 16.8. The van der Waals surface area contributed by atoms with Crippen molar-refractivity contribution in [2.24, 2.45) is 0 Å². The summed E-state index contributed by atoms with van der Waals surface area (Å²) in [6.45, 7) is -0.108. The third kappa shape index (κ3) is 5.60. The van der Waals surface area contributed by atoms with Gasteiger partial charge in [0.1, 0.15) is 11.5 Å². The molecule has 0 saturated carbocycles. The van der Waals surface area contributed by atoms with E-state index >= 15 is 0 Å². The zero-order valence-corrected chi connectivity index (χ0v) is 34.4. The number of nitrogens with zero attached hydrogens (tertiary/aromatic N) is 1. The summed E-state index contributed by atoms with van der Waals surface area (Å²) >= 11 is 0. The topological polar surface area (TPSA) is 14.2 Å². The summed E-state index contributed by atoms with van der Waals surface area (Å²) in [7, 11) is 0. The molecular weight excluding hydrogens is 761 g/mol. The highest BCUT2D eigenvalue weighted by molar-refractivity contribution is 6.99. The summed E-state index contributed by atoms with van der Waals surface area (Å²) < 4.78 is 9.89. The van der Waals surface area contributed by atoms with Gasteiger partial charge in [0.2, 0.25) is 0 Å². The fourth-order valence-corrected chi connectivity index (χ4v) is 10.5. The van der Waals surface area contributed by atoms with Gasteiger partial charge in [0.25, 0.3) is 6.71 Å². The Labute approximate surface area is 367 Å². The molecule has 0 aliphatic carbocycles. The molecule has 3 heterocycles. The molecule has 0 N–H and O–H groups in total. The predicted molar refractivity (Wildman–Crippen MR) is 265 cm³/mol. The fraction of sp³-hybridized carbons (Fsp3) is 0. The van der Waals surface area contributed by atoms with Gasteiger partial charge in [-0.2, -0.15) is 0 Å². The van der Waals surface area contributed by atoms with Crippen LogP contribution in [0.2, 0.25) is 0 Å². The zero-order chi connectivity index (χ0) is 41.4. The van der Waals surface area contributed by atoms with Crippen LogP contribution in [0.15, 0.2) is 231 Å². The van der Waals surface area contributed by atoms with Crippen LogP contribution in [0.5, 0.6) is 11.5 Å². The molecule has 3 heteroatoms. The minimum Gasteiger partial charge on any atom is -0.458 e. The molecule has 63 heavy (non-hydrogen) atoms. The predicted octanol–water partition coefficient (Wildman–Crippen LogP) is 13.7. The van der Waals surface area contributed by atoms with Crippen molar-refractivity contribution in [3.63, 3.8) is 0 Å². The van der Waals surface area contributed by atoms with Gasteiger partial charge < -0.3 is 9.30 Å². The van der Waals surface area contributed by atoms with Crippen LogP contribution < -0.4 is 21.1 Å². The van der Waals surface area contributed by atoms with Crippen LogP contribution in [0, 0.1) is 0 Å². The van der Waals surface area contributed by atoms with Crippen molar-refractivity contribution < 1.29 is 4.74 Å². The molecule has 2 nitrogen and oxygen atoms in total. The Morgan fingerprint density at radius 3 is 1.51 bits per heavy atom. The van der Waals surface area contributed by atoms with Crippen LogP contribution in [0.4, 0.5) is 0 Å². The Bertz CT molecular complexity index is 3580. The average Bonchev–Trinajstić information content (AvgIpc) is 3.70. The molecule has 2 aliphatic heterocycles. The van der Waals surface area contributed by atoms with Crippen molar-refractivity contribution in [3.8, 4) is 83.9 Å². The van der Waals surface area contributed by atoms with Crippen molar-refractivity contribution in [2.45, 2.75) is 0 Å². The van der Waals surface area contributed by atoms with E-state index in [4.69, 9.17) is 4.74 Å². The van der Waals surface area contributed by atoms with E-state index < -0.39 is 0 Å². The zero-order valence-electron chi connectivity index (χ0n) is 34.4.